The number of hydrogen-bond acceptors (Lipinski definition) is 4. The van der Waals surface area contributed by atoms with E-state index in [-0.39, 0.29) is 24.6 Å². The molecule has 0 atom stereocenters. The minimum absolute atomic E-state index is 0.124. The van der Waals surface area contributed by atoms with E-state index >= 15 is 0 Å². The maximum atomic E-state index is 12.5. The molecule has 2 fully saturated rings. The highest BCUT2D eigenvalue weighted by molar-refractivity contribution is 6.30. The van der Waals surface area contributed by atoms with Gasteiger partial charge in [-0.15, -0.1) is 0 Å². The highest BCUT2D eigenvalue weighted by Crippen LogP contribution is 2.32. The standard InChI is InChI=1S/C18H24ClN3O3/c1-11-8-13(19)9-12(15(11)25-14-4-6-20-7-5-14)10-22-16(23)18(2,3)21-17(22)24/h8-9,14,20H,4-7,10H2,1-3H3,(H,21,24). The van der Waals surface area contributed by atoms with Crippen LogP contribution in [0.5, 0.6) is 5.75 Å². The number of piperidine rings is 1. The molecule has 2 saturated heterocycles. The molecule has 2 aliphatic rings. The summed E-state index contributed by atoms with van der Waals surface area (Å²) in [5, 5.41) is 6.58. The predicted molar refractivity (Wildman–Crippen MR) is 95.9 cm³/mol. The van der Waals surface area contributed by atoms with E-state index in [0.717, 1.165) is 42.8 Å². The fourth-order valence-electron chi connectivity index (χ4n) is 3.30. The van der Waals surface area contributed by atoms with Gasteiger partial charge in [-0.05, 0) is 64.4 Å². The fraction of sp³-hybridized carbons (Fsp3) is 0.556. The summed E-state index contributed by atoms with van der Waals surface area (Å²) in [5.74, 6) is 0.476. The average molecular weight is 366 g/mol. The van der Waals surface area contributed by atoms with E-state index in [2.05, 4.69) is 10.6 Å². The number of hydrogen-bond donors (Lipinski definition) is 2. The second-order valence-electron chi connectivity index (χ2n) is 7.22. The van der Waals surface area contributed by atoms with E-state index in [9.17, 15) is 9.59 Å². The summed E-state index contributed by atoms with van der Waals surface area (Å²) in [7, 11) is 0. The number of ether oxygens (including phenoxy) is 1. The highest BCUT2D eigenvalue weighted by atomic mass is 35.5. The van der Waals surface area contributed by atoms with Gasteiger partial charge in [0.05, 0.1) is 6.54 Å². The summed E-state index contributed by atoms with van der Waals surface area (Å²) in [6.07, 6.45) is 1.98. The molecule has 25 heavy (non-hydrogen) atoms. The lowest BCUT2D eigenvalue weighted by Crippen LogP contribution is -2.40. The van der Waals surface area contributed by atoms with Gasteiger partial charge in [0.15, 0.2) is 0 Å². The first-order chi connectivity index (χ1) is 11.8. The van der Waals surface area contributed by atoms with Crippen molar-refractivity contribution >= 4 is 23.5 Å². The maximum Gasteiger partial charge on any atom is 0.325 e. The van der Waals surface area contributed by atoms with Crippen LogP contribution in [0.25, 0.3) is 0 Å². The van der Waals surface area contributed by atoms with Crippen LogP contribution in [0.1, 0.15) is 37.8 Å². The van der Waals surface area contributed by atoms with E-state index in [4.69, 9.17) is 16.3 Å². The third-order valence-corrected chi connectivity index (χ3v) is 4.88. The number of nitrogens with one attached hydrogen (secondary N) is 2. The van der Waals surface area contributed by atoms with Gasteiger partial charge in [0.25, 0.3) is 5.91 Å². The topological polar surface area (TPSA) is 70.7 Å². The smallest absolute Gasteiger partial charge is 0.325 e. The Morgan fingerprint density at radius 3 is 2.56 bits per heavy atom. The first-order valence-electron chi connectivity index (χ1n) is 8.58. The zero-order valence-corrected chi connectivity index (χ0v) is 15.6. The lowest BCUT2D eigenvalue weighted by molar-refractivity contribution is -0.130. The number of urea groups is 1. The molecule has 1 aromatic rings. The van der Waals surface area contributed by atoms with Crippen molar-refractivity contribution in [1.82, 2.24) is 15.5 Å². The molecule has 2 heterocycles. The van der Waals surface area contributed by atoms with Gasteiger partial charge in [-0.2, -0.15) is 0 Å². The van der Waals surface area contributed by atoms with Crippen LogP contribution >= 0.6 is 11.6 Å². The molecule has 6 nitrogen and oxygen atoms in total. The van der Waals surface area contributed by atoms with E-state index in [0.29, 0.717) is 5.02 Å². The summed E-state index contributed by atoms with van der Waals surface area (Å²) in [6, 6.07) is 3.23. The number of carbonyl (C=O) groups is 2. The van der Waals surface area contributed by atoms with Gasteiger partial charge >= 0.3 is 6.03 Å². The Balaban J connectivity index is 1.87. The van der Waals surface area contributed by atoms with Crippen LogP contribution in [0.15, 0.2) is 12.1 Å². The molecule has 0 aromatic heterocycles. The number of halogens is 1. The van der Waals surface area contributed by atoms with E-state index in [1.807, 2.05) is 13.0 Å². The van der Waals surface area contributed by atoms with Crippen molar-refractivity contribution in [3.63, 3.8) is 0 Å². The molecule has 0 radical (unpaired) electrons. The molecule has 0 spiro atoms. The van der Waals surface area contributed by atoms with E-state index < -0.39 is 5.54 Å². The minimum atomic E-state index is -0.888. The molecule has 3 rings (SSSR count). The zero-order valence-electron chi connectivity index (χ0n) is 14.8. The largest absolute Gasteiger partial charge is 0.490 e. The van der Waals surface area contributed by atoms with Crippen LogP contribution in [0.2, 0.25) is 5.02 Å². The van der Waals surface area contributed by atoms with Gasteiger partial charge in [0, 0.05) is 10.6 Å². The molecule has 136 valence electrons. The number of carbonyl (C=O) groups excluding carboxylic acids is 2. The van der Waals surface area contributed by atoms with Gasteiger partial charge in [-0.3, -0.25) is 9.69 Å². The van der Waals surface area contributed by atoms with Crippen LogP contribution in [0.3, 0.4) is 0 Å². The predicted octanol–water partition coefficient (Wildman–Crippen LogP) is 2.61. The van der Waals surface area contributed by atoms with Crippen molar-refractivity contribution in [3.8, 4) is 5.75 Å². The lowest BCUT2D eigenvalue weighted by atomic mass is 10.0. The monoisotopic (exact) mass is 365 g/mol. The molecular formula is C18H24ClN3O3. The number of imide groups is 1. The summed E-state index contributed by atoms with van der Waals surface area (Å²) >= 11 is 6.21. The Labute approximate surface area is 152 Å². The third-order valence-electron chi connectivity index (χ3n) is 4.66. The fourth-order valence-corrected chi connectivity index (χ4v) is 3.59. The lowest BCUT2D eigenvalue weighted by Gasteiger charge is -2.27. The molecular weight excluding hydrogens is 342 g/mol. The normalized spacial score (nSPS) is 20.7. The third kappa shape index (κ3) is 3.75. The Morgan fingerprint density at radius 1 is 1.28 bits per heavy atom. The van der Waals surface area contributed by atoms with Crippen LogP contribution in [0.4, 0.5) is 4.79 Å². The molecule has 3 amide bonds. The SMILES string of the molecule is Cc1cc(Cl)cc(CN2C(=O)NC(C)(C)C2=O)c1OC1CCNCC1. The zero-order chi connectivity index (χ0) is 18.2. The van der Waals surface area contributed by atoms with Crippen LogP contribution in [-0.4, -0.2) is 41.6 Å². The Kier molecular flexibility index (Phi) is 4.93. The molecule has 0 saturated carbocycles. The molecule has 7 heteroatoms. The molecule has 2 aliphatic heterocycles. The number of nitrogens with zero attached hydrogens (tertiary/aromatic N) is 1. The highest BCUT2D eigenvalue weighted by Gasteiger charge is 2.44. The minimum Gasteiger partial charge on any atom is -0.490 e. The second-order valence-corrected chi connectivity index (χ2v) is 7.66. The van der Waals surface area contributed by atoms with Crippen molar-refractivity contribution in [2.24, 2.45) is 0 Å². The molecule has 2 N–H and O–H groups in total. The van der Waals surface area contributed by atoms with E-state index in [1.165, 1.54) is 4.90 Å². The number of amides is 3. The Morgan fingerprint density at radius 2 is 1.96 bits per heavy atom. The number of aryl methyl sites for hydroxylation is 1. The summed E-state index contributed by atoms with van der Waals surface area (Å²) in [4.78, 5) is 25.9. The first kappa shape index (κ1) is 18.0. The average Bonchev–Trinajstić information content (AvgIpc) is 2.73. The van der Waals surface area contributed by atoms with Gasteiger partial charge in [-0.1, -0.05) is 11.6 Å². The van der Waals surface area contributed by atoms with Crippen LogP contribution < -0.4 is 15.4 Å². The van der Waals surface area contributed by atoms with Crippen molar-refractivity contribution in [1.29, 1.82) is 0 Å². The quantitative estimate of drug-likeness (QED) is 0.805. The van der Waals surface area contributed by atoms with Gasteiger partial charge in [0.1, 0.15) is 17.4 Å². The first-order valence-corrected chi connectivity index (χ1v) is 8.96. The molecule has 0 aliphatic carbocycles. The van der Waals surface area contributed by atoms with Crippen molar-refractivity contribution in [2.45, 2.75) is 51.8 Å². The summed E-state index contributed by atoms with van der Waals surface area (Å²) in [5.41, 5.74) is 0.776. The summed E-state index contributed by atoms with van der Waals surface area (Å²) in [6.45, 7) is 7.32. The van der Waals surface area contributed by atoms with Crippen molar-refractivity contribution in [3.05, 3.63) is 28.3 Å². The molecule has 1 aromatic carbocycles. The van der Waals surface area contributed by atoms with Crippen molar-refractivity contribution < 1.29 is 14.3 Å². The van der Waals surface area contributed by atoms with Gasteiger partial charge < -0.3 is 15.4 Å². The number of benzene rings is 1. The maximum absolute atomic E-state index is 12.5. The Bertz CT molecular complexity index is 699. The second kappa shape index (κ2) is 6.84. The Hall–Kier alpha value is -1.79. The van der Waals surface area contributed by atoms with E-state index in [1.54, 1.807) is 19.9 Å². The van der Waals surface area contributed by atoms with Crippen LogP contribution in [-0.2, 0) is 11.3 Å². The molecule has 0 unspecified atom stereocenters. The van der Waals surface area contributed by atoms with Crippen molar-refractivity contribution in [2.75, 3.05) is 13.1 Å². The summed E-state index contributed by atoms with van der Waals surface area (Å²) < 4.78 is 6.24. The molecule has 0 bridgehead atoms. The van der Waals surface area contributed by atoms with Gasteiger partial charge in [0.2, 0.25) is 0 Å². The van der Waals surface area contributed by atoms with Crippen LogP contribution in [0, 0.1) is 6.92 Å². The van der Waals surface area contributed by atoms with Gasteiger partial charge in [-0.25, -0.2) is 4.79 Å². The number of rotatable bonds is 4.